The van der Waals surface area contributed by atoms with E-state index in [1.807, 2.05) is 0 Å². The lowest BCUT2D eigenvalue weighted by Crippen LogP contribution is -2.39. The summed E-state index contributed by atoms with van der Waals surface area (Å²) < 4.78 is 1.70. The molecular weight excluding hydrogens is 411 g/mol. The molecule has 0 atom stereocenters. The Labute approximate surface area is 169 Å². The van der Waals surface area contributed by atoms with Crippen LogP contribution in [0.1, 0.15) is 5.69 Å². The summed E-state index contributed by atoms with van der Waals surface area (Å²) in [7, 11) is 1.52. The van der Waals surface area contributed by atoms with Crippen molar-refractivity contribution >= 4 is 57.5 Å². The van der Waals surface area contributed by atoms with E-state index in [1.165, 1.54) is 19.3 Å². The van der Waals surface area contributed by atoms with Crippen molar-refractivity contribution in [3.8, 4) is 5.69 Å². The number of aryl methyl sites for hydroxylation is 1. The molecule has 10 heteroatoms. The van der Waals surface area contributed by atoms with E-state index in [4.69, 9.17) is 46.4 Å². The molecule has 0 aliphatic carbocycles. The molecule has 0 bridgehead atoms. The van der Waals surface area contributed by atoms with Crippen LogP contribution in [0, 0.1) is 6.92 Å². The zero-order chi connectivity index (χ0) is 19.9. The van der Waals surface area contributed by atoms with E-state index in [0.717, 1.165) is 5.01 Å². The Kier molecular flexibility index (Phi) is 5.30. The van der Waals surface area contributed by atoms with Crippen molar-refractivity contribution in [1.82, 2.24) is 14.6 Å². The molecule has 4 N–H and O–H groups in total. The van der Waals surface area contributed by atoms with Crippen LogP contribution in [-0.4, -0.2) is 27.6 Å². The molecule has 0 radical (unpaired) electrons. The zero-order valence-corrected chi connectivity index (χ0v) is 16.6. The number of nitrogens with zero attached hydrogens (tertiary/aromatic N) is 4. The van der Waals surface area contributed by atoms with Gasteiger partial charge in [0.15, 0.2) is 11.2 Å². The number of para-hydroxylation sites is 1. The van der Waals surface area contributed by atoms with Crippen molar-refractivity contribution in [2.45, 2.75) is 6.92 Å². The van der Waals surface area contributed by atoms with Crippen molar-refractivity contribution in [3.05, 3.63) is 61.4 Å². The third kappa shape index (κ3) is 3.46. The highest BCUT2D eigenvalue weighted by molar-refractivity contribution is 6.38. The summed E-state index contributed by atoms with van der Waals surface area (Å²) in [6.45, 7) is 1.75. The second kappa shape index (κ2) is 7.36. The average Bonchev–Trinajstić information content (AvgIpc) is 2.59. The fourth-order valence-corrected chi connectivity index (χ4v) is 3.47. The molecule has 2 aromatic heterocycles. The largest absolute Gasteiger partial charge is 0.368 e. The fourth-order valence-electron chi connectivity index (χ4n) is 2.68. The SMILES string of the molecule is Cc1cc(=O)c2c(N=C(N)N(C)N)ncc(Cl)c2n1-c1c(Cl)cccc1Cl. The number of halogens is 3. The Morgan fingerprint density at radius 1 is 1.22 bits per heavy atom. The van der Waals surface area contributed by atoms with Crippen molar-refractivity contribution in [1.29, 1.82) is 0 Å². The molecule has 0 saturated carbocycles. The third-order valence-electron chi connectivity index (χ3n) is 3.89. The molecule has 3 rings (SSSR count). The van der Waals surface area contributed by atoms with Gasteiger partial charge in [-0.25, -0.2) is 10.8 Å². The Morgan fingerprint density at radius 2 is 1.85 bits per heavy atom. The van der Waals surface area contributed by atoms with E-state index in [-0.39, 0.29) is 27.6 Å². The molecule has 0 aliphatic rings. The maximum absolute atomic E-state index is 12.7. The zero-order valence-electron chi connectivity index (χ0n) is 14.4. The quantitative estimate of drug-likeness (QED) is 0.283. The van der Waals surface area contributed by atoms with Crippen LogP contribution in [0.15, 0.2) is 40.2 Å². The number of aromatic nitrogens is 2. The number of hydrazine groups is 1. The fraction of sp³-hybridized carbons (Fsp3) is 0.118. The number of hydrogen-bond donors (Lipinski definition) is 2. The maximum Gasteiger partial charge on any atom is 0.212 e. The first-order valence-electron chi connectivity index (χ1n) is 7.70. The van der Waals surface area contributed by atoms with E-state index in [0.29, 0.717) is 26.9 Å². The van der Waals surface area contributed by atoms with E-state index in [2.05, 4.69) is 9.98 Å². The Morgan fingerprint density at radius 3 is 2.44 bits per heavy atom. The summed E-state index contributed by atoms with van der Waals surface area (Å²) in [5.41, 5.74) is 6.93. The summed E-state index contributed by atoms with van der Waals surface area (Å²) in [5, 5.41) is 2.32. The van der Waals surface area contributed by atoms with Gasteiger partial charge in [-0.3, -0.25) is 9.80 Å². The van der Waals surface area contributed by atoms with Gasteiger partial charge in [0.25, 0.3) is 0 Å². The predicted molar refractivity (Wildman–Crippen MR) is 110 cm³/mol. The van der Waals surface area contributed by atoms with Crippen LogP contribution in [0.3, 0.4) is 0 Å². The number of rotatable bonds is 2. The van der Waals surface area contributed by atoms with Gasteiger partial charge in [0, 0.05) is 18.8 Å². The molecule has 3 aromatic rings. The van der Waals surface area contributed by atoms with Gasteiger partial charge in [-0.05, 0) is 19.1 Å². The molecule has 27 heavy (non-hydrogen) atoms. The summed E-state index contributed by atoms with van der Waals surface area (Å²) in [6, 6.07) is 6.55. The van der Waals surface area contributed by atoms with E-state index in [9.17, 15) is 4.79 Å². The molecule has 0 unspecified atom stereocenters. The second-order valence-electron chi connectivity index (χ2n) is 5.79. The average molecular weight is 426 g/mol. The molecule has 0 fully saturated rings. The van der Waals surface area contributed by atoms with E-state index >= 15 is 0 Å². The number of aliphatic imine (C=N–C) groups is 1. The van der Waals surface area contributed by atoms with E-state index in [1.54, 1.807) is 29.7 Å². The van der Waals surface area contributed by atoms with Crippen molar-refractivity contribution < 1.29 is 0 Å². The van der Waals surface area contributed by atoms with Crippen LogP contribution in [0.2, 0.25) is 15.1 Å². The molecule has 7 nitrogen and oxygen atoms in total. The lowest BCUT2D eigenvalue weighted by Gasteiger charge is -2.19. The number of hydrogen-bond acceptors (Lipinski definition) is 4. The molecule has 0 aliphatic heterocycles. The van der Waals surface area contributed by atoms with Crippen LogP contribution in [0.5, 0.6) is 0 Å². The van der Waals surface area contributed by atoms with Crippen molar-refractivity contribution in [2.24, 2.45) is 16.6 Å². The lowest BCUT2D eigenvalue weighted by atomic mass is 10.1. The normalized spacial score (nSPS) is 11.9. The number of guanidine groups is 1. The lowest BCUT2D eigenvalue weighted by molar-refractivity contribution is 0.532. The second-order valence-corrected chi connectivity index (χ2v) is 7.01. The first kappa shape index (κ1) is 19.4. The molecular formula is C17H15Cl3N6O. The summed E-state index contributed by atoms with van der Waals surface area (Å²) in [5.74, 6) is 5.66. The van der Waals surface area contributed by atoms with Gasteiger partial charge in [-0.2, -0.15) is 4.99 Å². The molecule has 0 saturated heterocycles. The molecule has 2 heterocycles. The maximum atomic E-state index is 12.7. The standard InChI is InChI=1S/C17H15Cl3N6O/c1-8-6-12(27)13-15(26(8)14-9(18)4-3-5-10(14)19)11(20)7-23-16(13)24-17(21)25(2)22/h3-7H,22H2,1-2H3,(H2,21,23,24). The van der Waals surface area contributed by atoms with Gasteiger partial charge in [-0.1, -0.05) is 40.9 Å². The van der Waals surface area contributed by atoms with Crippen LogP contribution in [0.25, 0.3) is 16.6 Å². The summed E-state index contributed by atoms with van der Waals surface area (Å²) >= 11 is 19.2. The molecule has 0 spiro atoms. The highest BCUT2D eigenvalue weighted by atomic mass is 35.5. The van der Waals surface area contributed by atoms with Crippen molar-refractivity contribution in [3.63, 3.8) is 0 Å². The Bertz CT molecular complexity index is 1120. The topological polar surface area (TPSA) is 103 Å². The number of fused-ring (bicyclic) bond motifs is 1. The van der Waals surface area contributed by atoms with Crippen LogP contribution in [-0.2, 0) is 0 Å². The Hall–Kier alpha value is -2.32. The van der Waals surface area contributed by atoms with E-state index < -0.39 is 0 Å². The number of benzene rings is 1. The van der Waals surface area contributed by atoms with Gasteiger partial charge in [0.05, 0.1) is 37.9 Å². The van der Waals surface area contributed by atoms with Gasteiger partial charge < -0.3 is 10.3 Å². The first-order chi connectivity index (χ1) is 12.7. The van der Waals surface area contributed by atoms with Crippen molar-refractivity contribution in [2.75, 3.05) is 7.05 Å². The van der Waals surface area contributed by atoms with Crippen LogP contribution in [0.4, 0.5) is 5.82 Å². The summed E-state index contributed by atoms with van der Waals surface area (Å²) in [6.07, 6.45) is 1.38. The summed E-state index contributed by atoms with van der Waals surface area (Å²) in [4.78, 5) is 21.0. The molecule has 1 aromatic carbocycles. The first-order valence-corrected chi connectivity index (χ1v) is 8.83. The third-order valence-corrected chi connectivity index (χ3v) is 4.78. The Balaban J connectivity index is 2.51. The predicted octanol–water partition coefficient (Wildman–Crippen LogP) is 3.41. The van der Waals surface area contributed by atoms with Gasteiger partial charge in [0.2, 0.25) is 5.96 Å². The molecule has 0 amide bonds. The van der Waals surface area contributed by atoms with Gasteiger partial charge in [-0.15, -0.1) is 0 Å². The minimum Gasteiger partial charge on any atom is -0.368 e. The number of pyridine rings is 2. The number of nitrogens with two attached hydrogens (primary N) is 2. The monoisotopic (exact) mass is 424 g/mol. The van der Waals surface area contributed by atoms with Crippen LogP contribution < -0.4 is 17.0 Å². The van der Waals surface area contributed by atoms with Gasteiger partial charge >= 0.3 is 0 Å². The van der Waals surface area contributed by atoms with Crippen LogP contribution >= 0.6 is 34.8 Å². The smallest absolute Gasteiger partial charge is 0.212 e. The highest BCUT2D eigenvalue weighted by Gasteiger charge is 2.19. The molecule has 140 valence electrons. The minimum absolute atomic E-state index is 0.0200. The minimum atomic E-state index is -0.317. The highest BCUT2D eigenvalue weighted by Crippen LogP contribution is 2.35. The van der Waals surface area contributed by atoms with Gasteiger partial charge in [0.1, 0.15) is 0 Å².